The Bertz CT molecular complexity index is 413. The highest BCUT2D eigenvalue weighted by Crippen LogP contribution is 2.49. The summed E-state index contributed by atoms with van der Waals surface area (Å²) >= 11 is 3.24. The van der Waals surface area contributed by atoms with E-state index in [9.17, 15) is 9.18 Å². The molecule has 0 bridgehead atoms. The average molecular weight is 273 g/mol. The van der Waals surface area contributed by atoms with E-state index >= 15 is 0 Å². The predicted molar refractivity (Wildman–Crippen MR) is 57.5 cm³/mol. The van der Waals surface area contributed by atoms with E-state index in [1.54, 1.807) is 18.2 Å². The normalized spacial score (nSPS) is 17.5. The van der Waals surface area contributed by atoms with Gasteiger partial charge in [0.1, 0.15) is 6.67 Å². The Hall–Kier alpha value is -0.900. The minimum Gasteiger partial charge on any atom is -0.481 e. The Labute approximate surface area is 95.2 Å². The molecule has 1 N–H and O–H groups in total. The predicted octanol–water partition coefficient (Wildman–Crippen LogP) is 3.03. The van der Waals surface area contributed by atoms with Crippen molar-refractivity contribution in [3.05, 3.63) is 33.8 Å². The molecular formula is C11H10BrFO2. The molecule has 1 aliphatic rings. The van der Waals surface area contributed by atoms with Crippen LogP contribution in [0.5, 0.6) is 0 Å². The molecule has 1 aliphatic carbocycles. The Balaban J connectivity index is 2.39. The van der Waals surface area contributed by atoms with E-state index in [2.05, 4.69) is 15.9 Å². The fourth-order valence-electron chi connectivity index (χ4n) is 1.70. The van der Waals surface area contributed by atoms with E-state index in [1.807, 2.05) is 0 Å². The molecule has 0 unspecified atom stereocenters. The van der Waals surface area contributed by atoms with E-state index in [4.69, 9.17) is 5.11 Å². The lowest BCUT2D eigenvalue weighted by Crippen LogP contribution is -2.19. The summed E-state index contributed by atoms with van der Waals surface area (Å²) in [6.45, 7) is -0.541. The summed E-state index contributed by atoms with van der Waals surface area (Å²) < 4.78 is 13.1. The zero-order valence-electron chi connectivity index (χ0n) is 7.96. The molecule has 1 aromatic carbocycles. The zero-order valence-corrected chi connectivity index (χ0v) is 9.55. The Morgan fingerprint density at radius 3 is 2.60 bits per heavy atom. The summed E-state index contributed by atoms with van der Waals surface area (Å²) in [5.74, 6) is -0.789. The van der Waals surface area contributed by atoms with Gasteiger partial charge in [0, 0.05) is 4.47 Å². The third-order valence-corrected chi connectivity index (χ3v) is 3.65. The lowest BCUT2D eigenvalue weighted by Gasteiger charge is -2.11. The monoisotopic (exact) mass is 272 g/mol. The van der Waals surface area contributed by atoms with E-state index < -0.39 is 18.1 Å². The van der Waals surface area contributed by atoms with Crippen LogP contribution in [0.2, 0.25) is 0 Å². The molecule has 4 heteroatoms. The number of aliphatic carboxylic acids is 1. The van der Waals surface area contributed by atoms with Crippen molar-refractivity contribution in [2.45, 2.75) is 24.9 Å². The van der Waals surface area contributed by atoms with Gasteiger partial charge in [0.2, 0.25) is 0 Å². The van der Waals surface area contributed by atoms with Crippen molar-refractivity contribution in [3.8, 4) is 0 Å². The summed E-state index contributed by atoms with van der Waals surface area (Å²) in [5, 5.41) is 9.09. The molecule has 1 aromatic rings. The van der Waals surface area contributed by atoms with Crippen LogP contribution >= 0.6 is 15.9 Å². The quantitative estimate of drug-likeness (QED) is 0.919. The SMILES string of the molecule is O=C(O)C1(c2ccc(CF)c(Br)c2)CC1. The van der Waals surface area contributed by atoms with Gasteiger partial charge in [0.25, 0.3) is 0 Å². The number of hydrogen-bond donors (Lipinski definition) is 1. The van der Waals surface area contributed by atoms with Crippen molar-refractivity contribution in [1.29, 1.82) is 0 Å². The number of hydrogen-bond acceptors (Lipinski definition) is 1. The number of carboxylic acid groups (broad SMARTS) is 1. The van der Waals surface area contributed by atoms with Crippen LogP contribution < -0.4 is 0 Å². The molecule has 80 valence electrons. The summed E-state index contributed by atoms with van der Waals surface area (Å²) in [6.07, 6.45) is 1.34. The van der Waals surface area contributed by atoms with Crippen molar-refractivity contribution in [1.82, 2.24) is 0 Å². The van der Waals surface area contributed by atoms with E-state index in [0.29, 0.717) is 22.9 Å². The third kappa shape index (κ3) is 1.67. The lowest BCUT2D eigenvalue weighted by molar-refractivity contribution is -0.140. The van der Waals surface area contributed by atoms with Crippen LogP contribution in [0.25, 0.3) is 0 Å². The van der Waals surface area contributed by atoms with Gasteiger partial charge >= 0.3 is 5.97 Å². The minimum absolute atomic E-state index is 0.541. The number of halogens is 2. The Kier molecular flexibility index (Phi) is 2.54. The molecule has 2 nitrogen and oxygen atoms in total. The van der Waals surface area contributed by atoms with E-state index in [0.717, 1.165) is 5.56 Å². The van der Waals surface area contributed by atoms with Crippen LogP contribution in [-0.2, 0) is 16.9 Å². The second-order valence-electron chi connectivity index (χ2n) is 3.83. The molecular weight excluding hydrogens is 263 g/mol. The fraction of sp³-hybridized carbons (Fsp3) is 0.364. The summed E-state index contributed by atoms with van der Waals surface area (Å²) in [7, 11) is 0. The second kappa shape index (κ2) is 3.59. The highest BCUT2D eigenvalue weighted by molar-refractivity contribution is 9.10. The zero-order chi connectivity index (χ0) is 11.1. The van der Waals surface area contributed by atoms with Crippen LogP contribution in [0, 0.1) is 0 Å². The number of alkyl halides is 1. The molecule has 15 heavy (non-hydrogen) atoms. The van der Waals surface area contributed by atoms with Crippen molar-refractivity contribution >= 4 is 21.9 Å². The molecule has 0 radical (unpaired) electrons. The molecule has 2 rings (SSSR count). The standard InChI is InChI=1S/C11H10BrFO2/c12-9-5-8(2-1-7(9)6-13)11(3-4-11)10(14)15/h1-2,5H,3-4,6H2,(H,14,15). The van der Waals surface area contributed by atoms with E-state index in [-0.39, 0.29) is 0 Å². The highest BCUT2D eigenvalue weighted by Gasteiger charge is 2.51. The third-order valence-electron chi connectivity index (χ3n) is 2.91. The van der Waals surface area contributed by atoms with Crippen molar-refractivity contribution in [2.75, 3.05) is 0 Å². The smallest absolute Gasteiger partial charge is 0.314 e. The van der Waals surface area contributed by atoms with Gasteiger partial charge in [-0.2, -0.15) is 0 Å². The van der Waals surface area contributed by atoms with Gasteiger partial charge in [-0.05, 0) is 30.0 Å². The van der Waals surface area contributed by atoms with Crippen LogP contribution in [-0.4, -0.2) is 11.1 Å². The van der Waals surface area contributed by atoms with Gasteiger partial charge in [-0.3, -0.25) is 4.79 Å². The molecule has 0 saturated heterocycles. The van der Waals surface area contributed by atoms with E-state index in [1.165, 1.54) is 0 Å². The largest absolute Gasteiger partial charge is 0.481 e. The maximum Gasteiger partial charge on any atom is 0.314 e. The van der Waals surface area contributed by atoms with Crippen molar-refractivity contribution in [3.63, 3.8) is 0 Å². The van der Waals surface area contributed by atoms with Gasteiger partial charge in [-0.25, -0.2) is 4.39 Å². The van der Waals surface area contributed by atoms with Gasteiger partial charge in [0.15, 0.2) is 0 Å². The molecule has 0 aliphatic heterocycles. The van der Waals surface area contributed by atoms with Crippen molar-refractivity contribution < 1.29 is 14.3 Å². The molecule has 0 heterocycles. The average Bonchev–Trinajstić information content (AvgIpc) is 2.98. The molecule has 1 fully saturated rings. The maximum absolute atomic E-state index is 12.4. The molecule has 0 spiro atoms. The molecule has 0 amide bonds. The fourth-order valence-corrected chi connectivity index (χ4v) is 2.19. The first-order valence-electron chi connectivity index (χ1n) is 4.68. The highest BCUT2D eigenvalue weighted by atomic mass is 79.9. The second-order valence-corrected chi connectivity index (χ2v) is 4.68. The first kappa shape index (κ1) is 10.6. The lowest BCUT2D eigenvalue weighted by atomic mass is 9.95. The number of rotatable bonds is 3. The minimum atomic E-state index is -0.789. The van der Waals surface area contributed by atoms with Gasteiger partial charge in [-0.15, -0.1) is 0 Å². The van der Waals surface area contributed by atoms with Crippen LogP contribution in [0.15, 0.2) is 22.7 Å². The summed E-state index contributed by atoms with van der Waals surface area (Å²) in [6, 6.07) is 5.07. The number of carbonyl (C=O) groups is 1. The number of benzene rings is 1. The molecule has 0 aromatic heterocycles. The maximum atomic E-state index is 12.4. The van der Waals surface area contributed by atoms with Crippen molar-refractivity contribution in [2.24, 2.45) is 0 Å². The topological polar surface area (TPSA) is 37.3 Å². The van der Waals surface area contributed by atoms with Crippen LogP contribution in [0.1, 0.15) is 24.0 Å². The Morgan fingerprint density at radius 1 is 1.53 bits per heavy atom. The van der Waals surface area contributed by atoms with Gasteiger partial charge < -0.3 is 5.11 Å². The summed E-state index contributed by atoms with van der Waals surface area (Å²) in [5.41, 5.74) is 0.608. The summed E-state index contributed by atoms with van der Waals surface area (Å²) in [4.78, 5) is 11.1. The van der Waals surface area contributed by atoms with Crippen LogP contribution in [0.4, 0.5) is 4.39 Å². The van der Waals surface area contributed by atoms with Crippen LogP contribution in [0.3, 0.4) is 0 Å². The first-order valence-corrected chi connectivity index (χ1v) is 5.48. The first-order chi connectivity index (χ1) is 7.10. The molecule has 1 saturated carbocycles. The molecule has 0 atom stereocenters. The Morgan fingerprint density at radius 2 is 2.20 bits per heavy atom. The van der Waals surface area contributed by atoms with Gasteiger partial charge in [0.05, 0.1) is 5.41 Å². The number of carboxylic acids is 1. The van der Waals surface area contributed by atoms with Gasteiger partial charge in [-0.1, -0.05) is 28.1 Å².